The Morgan fingerprint density at radius 2 is 0.884 bits per heavy atom. The highest BCUT2D eigenvalue weighted by atomic mass is 35.5. The maximum Gasteiger partial charge on any atom is 0.327 e. The lowest BCUT2D eigenvalue weighted by molar-refractivity contribution is -0.378. The molecule has 0 atom stereocenters. The SMILES string of the molecule is CB1OCc2ccc(Oc3ccc(C)cc3)cc21.CB1OCc2ccc(Sc3ccc(Cl)cc3)cc21.CB1OCc2cccc(OCc3ccccc3)c21.OB1CCc2ccc(-n3cc(Sc4ccccc4)c4cc(Cl)ccc43)cc21.OB1CCc2ccc(N3CCN(c4ncccn4)CC3)cc21.OB1CCc2ccc(Sc3cc[nH+]cc3)cc21.OB1CCc2ccc(Sc3ccccn3)cc21.[Cl-]. The summed E-state index contributed by atoms with van der Waals surface area (Å²) < 4.78 is 30.8. The van der Waals surface area contributed by atoms with Gasteiger partial charge < -0.3 is 70.3 Å². The maximum atomic E-state index is 10.3. The molecule has 0 amide bonds. The van der Waals surface area contributed by atoms with Crippen LogP contribution in [0, 0.1) is 6.92 Å². The molecule has 690 valence electrons. The molecule has 0 unspecified atom stereocenters. The highest BCUT2D eigenvalue weighted by Gasteiger charge is 2.33. The van der Waals surface area contributed by atoms with Gasteiger partial charge in [-0.05, 0) is 264 Å². The summed E-state index contributed by atoms with van der Waals surface area (Å²) in [6.45, 7) is 14.1. The van der Waals surface area contributed by atoms with Crippen LogP contribution in [-0.4, -0.2) is 114 Å². The van der Waals surface area contributed by atoms with Crippen LogP contribution in [0.3, 0.4) is 0 Å². The van der Waals surface area contributed by atoms with Crippen LogP contribution in [-0.2, 0) is 66.1 Å². The largest absolute Gasteiger partial charge is 1.00 e. The number of nitrogens with zero attached hydrogens (tertiary/aromatic N) is 6. The predicted molar refractivity (Wildman–Crippen MR) is 570 cm³/mol. The van der Waals surface area contributed by atoms with E-state index in [9.17, 15) is 20.1 Å². The molecule has 16 aromatic rings. The Kier molecular flexibility index (Phi) is 34.0. The number of fused-ring (bicyclic) bond motifs is 8. The molecule has 138 heavy (non-hydrogen) atoms. The number of nitrogens with one attached hydrogen (secondary N) is 1. The first kappa shape index (κ1) is 98.8. The molecule has 0 radical (unpaired) electrons. The second-order valence-electron chi connectivity index (χ2n) is 34.9. The van der Waals surface area contributed by atoms with E-state index < -0.39 is 0 Å². The minimum Gasteiger partial charge on any atom is -1.00 e. The molecule has 0 saturated carbocycles. The number of hydrogen-bond donors (Lipinski definition) is 4. The van der Waals surface area contributed by atoms with E-state index in [0.29, 0.717) is 19.8 Å². The fourth-order valence-electron chi connectivity index (χ4n) is 18.2. The number of rotatable bonds is 16. The summed E-state index contributed by atoms with van der Waals surface area (Å²) in [4.78, 5) is 28.9. The van der Waals surface area contributed by atoms with Crippen molar-refractivity contribution in [3.05, 3.63) is 388 Å². The summed E-state index contributed by atoms with van der Waals surface area (Å²) in [5, 5.41) is 43.7. The van der Waals surface area contributed by atoms with Gasteiger partial charge in [-0.25, -0.2) is 19.9 Å². The molecule has 0 spiro atoms. The second kappa shape index (κ2) is 47.4. The second-order valence-corrected chi connectivity index (χ2v) is 40.3. The molecule has 16 nitrogen and oxygen atoms in total. The van der Waals surface area contributed by atoms with Crippen LogP contribution in [0.4, 0.5) is 11.6 Å². The van der Waals surface area contributed by atoms with Crippen molar-refractivity contribution >= 4 is 179 Å². The molecule has 4 aromatic heterocycles. The van der Waals surface area contributed by atoms with E-state index >= 15 is 0 Å². The zero-order valence-electron chi connectivity index (χ0n) is 77.3. The molecular weight excluding hydrogens is 1850 g/mol. The summed E-state index contributed by atoms with van der Waals surface area (Å²) in [6, 6.07) is 99.0. The van der Waals surface area contributed by atoms with E-state index in [2.05, 4.69) is 232 Å². The van der Waals surface area contributed by atoms with Gasteiger partial charge in [0.05, 0.1) is 25.3 Å². The molecule has 24 rings (SSSR count). The van der Waals surface area contributed by atoms with Crippen LogP contribution in [0.2, 0.25) is 55.8 Å². The lowest BCUT2D eigenvalue weighted by Gasteiger charge is -2.36. The van der Waals surface area contributed by atoms with Gasteiger partial charge >= 0.3 is 48.4 Å². The maximum absolute atomic E-state index is 10.3. The van der Waals surface area contributed by atoms with E-state index in [1.165, 1.54) is 102 Å². The van der Waals surface area contributed by atoms with E-state index in [1.54, 1.807) is 65.6 Å². The summed E-state index contributed by atoms with van der Waals surface area (Å²) in [5.41, 5.74) is 22.9. The molecule has 5 N–H and O–H groups in total. The molecule has 12 heterocycles. The fourth-order valence-corrected chi connectivity index (χ4v) is 22.0. The lowest BCUT2D eigenvalue weighted by atomic mass is 9.63. The van der Waals surface area contributed by atoms with Crippen molar-refractivity contribution in [3.8, 4) is 22.9 Å². The standard InChI is InChI=1S/C22H17BClNOS.C16H19BN4O.2C15H15BO2.C14H12BClOS.2C13H12BNOS.ClH/c24-16-7-9-21-19(12-16)22(27-18-4-2-1-3-5-18)14-25(21)17-8-6-15-10-11-23(26)20(15)13-17;22-17-5-4-13-2-3-14(12-15(13)17)20-8-10-21(11-9-20)16-18-6-1-7-19-16;1-11-3-6-13(7-4-11)18-14-8-5-12-10-17-16(2)15(12)9-14;1-16-15-13(11-18-16)8-5-9-14(15)17-10-12-6-3-2-4-7-12;1-15-14-8-13(5-2-10(14)9-17-15)18-12-6-3-11(16)4-7-12;16-14-6-3-10-1-2-12(9-13(10)14)17-11-4-7-15-8-5-11;16-14-7-6-10-4-5-11(9-12(10)14)17-13-3-1-2-8-15-13;/h1-9,12-14,26H,10-11H2;1-3,6-7,12,22H,4-5,8-11H2;3-9H,10H2,1-2H3;2-9H,10-11H2,1H3;2-8H,9H2,1H3;1-2,4-5,7-9,16H,3,6H2;1-5,8-9,16H,6-7H2;1H. The molecule has 1 saturated heterocycles. The smallest absolute Gasteiger partial charge is 0.327 e. The highest BCUT2D eigenvalue weighted by molar-refractivity contribution is 8.00. The Morgan fingerprint density at radius 3 is 1.50 bits per heavy atom. The molecule has 8 aliphatic rings. The Hall–Kier alpha value is -10.8. The lowest BCUT2D eigenvalue weighted by Crippen LogP contribution is -3.00. The van der Waals surface area contributed by atoms with Crippen LogP contribution >= 0.6 is 70.2 Å². The number of pyridine rings is 2. The first-order valence-corrected chi connectivity index (χ1v) is 50.8. The molecule has 0 aliphatic carbocycles. The van der Waals surface area contributed by atoms with Crippen molar-refractivity contribution in [1.29, 1.82) is 0 Å². The monoisotopic (exact) mass is 1950 g/mol. The number of hydrogen-bond acceptors (Lipinski definition) is 18. The summed E-state index contributed by atoms with van der Waals surface area (Å²) in [7, 11) is 0. The quantitative estimate of drug-likeness (QED) is 0.0667. The molecule has 8 aliphatic heterocycles. The molecule has 1 fully saturated rings. The van der Waals surface area contributed by atoms with Crippen LogP contribution in [0.5, 0.6) is 17.2 Å². The Labute approximate surface area is 844 Å². The summed E-state index contributed by atoms with van der Waals surface area (Å²) in [5.74, 6) is 3.50. The Bertz CT molecular complexity index is 6600. The van der Waals surface area contributed by atoms with E-state index in [-0.39, 0.29) is 60.8 Å². The first-order valence-electron chi connectivity index (χ1n) is 46.8. The minimum absolute atomic E-state index is 0. The number of H-pyrrole nitrogens is 1. The number of anilines is 2. The molecular formula is C108H103B7Cl3N7O9S4. The van der Waals surface area contributed by atoms with Gasteiger partial charge in [0.1, 0.15) is 28.9 Å². The van der Waals surface area contributed by atoms with Gasteiger partial charge in [0.15, 0.2) is 12.4 Å². The molecule has 30 heteroatoms. The predicted octanol–water partition coefficient (Wildman–Crippen LogP) is 15.7. The zero-order chi connectivity index (χ0) is 94.1. The Balaban J connectivity index is 0.000000112. The molecule has 12 aromatic carbocycles. The number of aryl methyl sites for hydroxylation is 5. The van der Waals surface area contributed by atoms with Crippen LogP contribution in [0.1, 0.15) is 50.1 Å². The van der Waals surface area contributed by atoms with Crippen molar-refractivity contribution < 1.29 is 60.9 Å². The third-order valence-corrected chi connectivity index (χ3v) is 30.1. The summed E-state index contributed by atoms with van der Waals surface area (Å²) >= 11 is 19.0. The van der Waals surface area contributed by atoms with Crippen molar-refractivity contribution in [3.63, 3.8) is 0 Å². The highest BCUT2D eigenvalue weighted by Crippen LogP contribution is 2.39. The average Bonchev–Trinajstić information content (AvgIpc) is 1.61. The third kappa shape index (κ3) is 25.3. The van der Waals surface area contributed by atoms with Gasteiger partial charge in [-0.1, -0.05) is 252 Å². The van der Waals surface area contributed by atoms with Gasteiger partial charge in [-0.2, -0.15) is 0 Å². The van der Waals surface area contributed by atoms with Crippen molar-refractivity contribution in [2.75, 3.05) is 36.0 Å². The van der Waals surface area contributed by atoms with E-state index in [0.717, 1.165) is 165 Å². The fraction of sp³-hybridized carbons (Fsp3) is 0.185. The van der Waals surface area contributed by atoms with Crippen LogP contribution in [0.15, 0.2) is 368 Å². The van der Waals surface area contributed by atoms with Crippen molar-refractivity contribution in [2.45, 2.75) is 144 Å². The van der Waals surface area contributed by atoms with Crippen molar-refractivity contribution in [2.24, 2.45) is 0 Å². The number of aromatic nitrogens is 5. The normalized spacial score (nSPS) is 14.2. The van der Waals surface area contributed by atoms with E-state index in [4.69, 9.17) is 46.6 Å². The molecule has 0 bridgehead atoms. The Morgan fingerprint density at radius 1 is 0.399 bits per heavy atom. The van der Waals surface area contributed by atoms with Gasteiger partial charge in [-0.3, -0.25) is 0 Å². The van der Waals surface area contributed by atoms with Gasteiger partial charge in [0, 0.05) is 124 Å². The van der Waals surface area contributed by atoms with Gasteiger partial charge in [0.2, 0.25) is 5.95 Å². The average molecular weight is 1950 g/mol. The minimum atomic E-state index is -0.352. The summed E-state index contributed by atoms with van der Waals surface area (Å²) in [6.07, 6.45) is 18.7. The number of aromatic amines is 1. The number of benzene rings is 12. The number of piperazine rings is 1. The van der Waals surface area contributed by atoms with Crippen LogP contribution < -0.4 is 74.9 Å². The first-order chi connectivity index (χ1) is 66.9. The van der Waals surface area contributed by atoms with E-state index in [1.807, 2.05) is 140 Å². The van der Waals surface area contributed by atoms with Crippen LogP contribution in [0.25, 0.3) is 16.6 Å². The zero-order valence-corrected chi connectivity index (χ0v) is 82.8. The topological polar surface area (TPSA) is 191 Å². The number of halogens is 3. The van der Waals surface area contributed by atoms with Gasteiger partial charge in [-0.15, -0.1) is 0 Å². The third-order valence-electron chi connectivity index (χ3n) is 25.6. The van der Waals surface area contributed by atoms with Crippen molar-refractivity contribution in [1.82, 2.24) is 19.5 Å². The van der Waals surface area contributed by atoms with Gasteiger partial charge in [0.25, 0.3) is 0 Å². The number of ether oxygens (including phenoxy) is 2.